The highest BCUT2D eigenvalue weighted by molar-refractivity contribution is 5.52. The summed E-state index contributed by atoms with van der Waals surface area (Å²) in [5.74, 6) is 3.22. The number of pyridine rings is 1. The fourth-order valence-electron chi connectivity index (χ4n) is 4.48. The maximum atomic E-state index is 5.71. The molecule has 3 unspecified atom stereocenters. The second-order valence-electron chi connectivity index (χ2n) is 7.21. The molecule has 0 saturated heterocycles. The first-order valence-corrected chi connectivity index (χ1v) is 8.46. The number of fused-ring (bicyclic) bond motifs is 2. The summed E-state index contributed by atoms with van der Waals surface area (Å²) < 4.78 is 5.71. The second kappa shape index (κ2) is 5.18. The predicted molar refractivity (Wildman–Crippen MR) is 84.3 cm³/mol. The molecule has 22 heavy (non-hydrogen) atoms. The average Bonchev–Trinajstić information content (AvgIpc) is 3.14. The highest BCUT2D eigenvalue weighted by atomic mass is 16.5. The molecule has 4 rings (SSSR count). The van der Waals surface area contributed by atoms with Crippen LogP contribution in [0.15, 0.2) is 22.9 Å². The van der Waals surface area contributed by atoms with Crippen molar-refractivity contribution in [3.63, 3.8) is 0 Å². The van der Waals surface area contributed by atoms with Gasteiger partial charge in [0.15, 0.2) is 0 Å². The molecule has 0 spiro atoms. The molecule has 0 N–H and O–H groups in total. The second-order valence-corrected chi connectivity index (χ2v) is 7.21. The van der Waals surface area contributed by atoms with Crippen LogP contribution < -0.4 is 0 Å². The van der Waals surface area contributed by atoms with Crippen LogP contribution in [-0.4, -0.2) is 15.1 Å². The van der Waals surface area contributed by atoms with Crippen LogP contribution in [0.1, 0.15) is 57.0 Å². The van der Waals surface area contributed by atoms with Crippen LogP contribution >= 0.6 is 0 Å². The maximum Gasteiger partial charge on any atom is 0.233 e. The number of nitrogens with zero attached hydrogens (tertiary/aromatic N) is 3. The molecule has 2 heterocycles. The Morgan fingerprint density at radius 2 is 2.23 bits per heavy atom. The van der Waals surface area contributed by atoms with Gasteiger partial charge in [-0.15, -0.1) is 0 Å². The normalized spacial score (nSPS) is 30.6. The summed E-state index contributed by atoms with van der Waals surface area (Å²) in [4.78, 5) is 9.08. The van der Waals surface area contributed by atoms with Gasteiger partial charge < -0.3 is 4.52 Å². The lowest BCUT2D eigenvalue weighted by molar-refractivity contribution is 0.176. The van der Waals surface area contributed by atoms with Crippen LogP contribution in [0.5, 0.6) is 0 Å². The van der Waals surface area contributed by atoms with E-state index >= 15 is 0 Å². The zero-order valence-electron chi connectivity index (χ0n) is 13.4. The summed E-state index contributed by atoms with van der Waals surface area (Å²) >= 11 is 0. The van der Waals surface area contributed by atoms with Gasteiger partial charge in [-0.3, -0.25) is 4.98 Å². The fraction of sp³-hybridized carbons (Fsp3) is 0.611. The lowest BCUT2D eigenvalue weighted by Crippen LogP contribution is -2.30. The number of rotatable bonds is 3. The highest BCUT2D eigenvalue weighted by Gasteiger charge is 2.49. The topological polar surface area (TPSA) is 51.8 Å². The molecular weight excluding hydrogens is 274 g/mol. The fourth-order valence-corrected chi connectivity index (χ4v) is 4.48. The molecule has 2 aromatic heterocycles. The molecule has 0 aliphatic heterocycles. The number of hydrogen-bond donors (Lipinski definition) is 0. The third-order valence-corrected chi connectivity index (χ3v) is 5.68. The quantitative estimate of drug-likeness (QED) is 0.847. The van der Waals surface area contributed by atoms with Gasteiger partial charge in [0.25, 0.3) is 0 Å². The van der Waals surface area contributed by atoms with Gasteiger partial charge in [-0.25, -0.2) is 0 Å². The lowest BCUT2D eigenvalue weighted by atomic mass is 9.70. The van der Waals surface area contributed by atoms with Gasteiger partial charge in [-0.1, -0.05) is 18.5 Å². The number of aryl methyl sites for hydroxylation is 1. The first-order valence-electron chi connectivity index (χ1n) is 8.46. The zero-order chi connectivity index (χ0) is 15.2. The molecule has 116 valence electrons. The number of aromatic nitrogens is 3. The molecule has 0 amide bonds. The van der Waals surface area contributed by atoms with E-state index in [4.69, 9.17) is 9.51 Å². The Hall–Kier alpha value is -1.71. The summed E-state index contributed by atoms with van der Waals surface area (Å²) in [7, 11) is 0. The molecule has 2 aliphatic rings. The Morgan fingerprint density at radius 1 is 1.32 bits per heavy atom. The minimum Gasteiger partial charge on any atom is -0.338 e. The lowest BCUT2D eigenvalue weighted by Gasteiger charge is -2.34. The van der Waals surface area contributed by atoms with Crippen LogP contribution in [-0.2, 0) is 5.41 Å². The monoisotopic (exact) mass is 297 g/mol. The summed E-state index contributed by atoms with van der Waals surface area (Å²) in [5.41, 5.74) is 2.09. The van der Waals surface area contributed by atoms with Gasteiger partial charge in [-0.05, 0) is 63.0 Å². The molecule has 3 atom stereocenters. The van der Waals surface area contributed by atoms with E-state index in [1.54, 1.807) is 0 Å². The van der Waals surface area contributed by atoms with Gasteiger partial charge in [0.2, 0.25) is 11.7 Å². The molecule has 0 radical (unpaired) electrons. The minimum atomic E-state index is 0.146. The molecule has 4 nitrogen and oxygen atoms in total. The van der Waals surface area contributed by atoms with Crippen molar-refractivity contribution in [2.24, 2.45) is 11.8 Å². The van der Waals surface area contributed by atoms with Crippen molar-refractivity contribution >= 4 is 0 Å². The molecule has 2 bridgehead atoms. The standard InChI is InChI=1S/C18H23N3O/c1-3-13-8-14-6-7-18(9-13,10-14)17-20-16(21-22-17)15-5-4-12(2)19-11-15/h4-5,11,13-14H,3,6-10H2,1-2H3. The largest absolute Gasteiger partial charge is 0.338 e. The minimum absolute atomic E-state index is 0.146. The first-order chi connectivity index (χ1) is 10.7. The SMILES string of the molecule is CCC1CC2CCC(c3nc(-c4ccc(C)nc4)no3)(C1)C2. The molecule has 2 aromatic rings. The Morgan fingerprint density at radius 3 is 3.00 bits per heavy atom. The molecule has 2 aliphatic carbocycles. The van der Waals surface area contributed by atoms with Crippen LogP contribution in [0, 0.1) is 18.8 Å². The van der Waals surface area contributed by atoms with Gasteiger partial charge in [0.1, 0.15) is 0 Å². The summed E-state index contributed by atoms with van der Waals surface area (Å²) in [6.07, 6.45) is 9.46. The molecule has 2 saturated carbocycles. The third kappa shape index (κ3) is 2.25. The van der Waals surface area contributed by atoms with E-state index < -0.39 is 0 Å². The Balaban J connectivity index is 1.65. The van der Waals surface area contributed by atoms with Crippen molar-refractivity contribution in [1.82, 2.24) is 15.1 Å². The van der Waals surface area contributed by atoms with E-state index in [1.165, 1.54) is 38.5 Å². The Labute approximate surface area is 131 Å². The van der Waals surface area contributed by atoms with Gasteiger partial charge >= 0.3 is 0 Å². The summed E-state index contributed by atoms with van der Waals surface area (Å²) in [5, 5.41) is 4.23. The van der Waals surface area contributed by atoms with Crippen LogP contribution in [0.3, 0.4) is 0 Å². The van der Waals surface area contributed by atoms with E-state index in [0.717, 1.165) is 29.0 Å². The van der Waals surface area contributed by atoms with Gasteiger partial charge in [0.05, 0.1) is 5.41 Å². The van der Waals surface area contributed by atoms with Crippen molar-refractivity contribution in [3.8, 4) is 11.4 Å². The van der Waals surface area contributed by atoms with E-state index in [9.17, 15) is 0 Å². The van der Waals surface area contributed by atoms with Crippen molar-refractivity contribution in [2.45, 2.75) is 57.8 Å². The highest BCUT2D eigenvalue weighted by Crippen LogP contribution is 2.54. The summed E-state index contributed by atoms with van der Waals surface area (Å²) in [6, 6.07) is 4.00. The van der Waals surface area contributed by atoms with Crippen LogP contribution in [0.25, 0.3) is 11.4 Å². The Bertz CT molecular complexity index is 663. The van der Waals surface area contributed by atoms with Crippen molar-refractivity contribution < 1.29 is 4.52 Å². The van der Waals surface area contributed by atoms with Gasteiger partial charge in [-0.2, -0.15) is 4.98 Å². The molecule has 0 aromatic carbocycles. The van der Waals surface area contributed by atoms with Crippen molar-refractivity contribution in [1.29, 1.82) is 0 Å². The van der Waals surface area contributed by atoms with E-state index in [1.807, 2.05) is 25.3 Å². The molecule has 2 fully saturated rings. The first kappa shape index (κ1) is 13.9. The van der Waals surface area contributed by atoms with E-state index in [-0.39, 0.29) is 5.41 Å². The summed E-state index contributed by atoms with van der Waals surface area (Å²) in [6.45, 7) is 4.29. The average molecular weight is 297 g/mol. The van der Waals surface area contributed by atoms with Crippen LogP contribution in [0.4, 0.5) is 0 Å². The molecule has 4 heteroatoms. The van der Waals surface area contributed by atoms with Gasteiger partial charge in [0, 0.05) is 17.5 Å². The Kier molecular flexibility index (Phi) is 3.28. The van der Waals surface area contributed by atoms with Crippen LogP contribution in [0.2, 0.25) is 0 Å². The third-order valence-electron chi connectivity index (χ3n) is 5.68. The van der Waals surface area contributed by atoms with Crippen molar-refractivity contribution in [3.05, 3.63) is 29.9 Å². The zero-order valence-corrected chi connectivity index (χ0v) is 13.4. The van der Waals surface area contributed by atoms with Crippen molar-refractivity contribution in [2.75, 3.05) is 0 Å². The van der Waals surface area contributed by atoms with E-state index in [0.29, 0.717) is 5.82 Å². The van der Waals surface area contributed by atoms with E-state index in [2.05, 4.69) is 17.1 Å². The number of hydrogen-bond acceptors (Lipinski definition) is 4. The molecular formula is C18H23N3O. The maximum absolute atomic E-state index is 5.71. The smallest absolute Gasteiger partial charge is 0.233 e. The predicted octanol–water partition coefficient (Wildman–Crippen LogP) is 4.30.